The van der Waals surface area contributed by atoms with Gasteiger partial charge in [-0.25, -0.2) is 23.5 Å². The Balaban J connectivity index is 1.86. The van der Waals surface area contributed by atoms with Gasteiger partial charge in [0, 0.05) is 23.9 Å². The highest BCUT2D eigenvalue weighted by atomic mass is 32.2. The van der Waals surface area contributed by atoms with Crippen LogP contribution >= 0.6 is 0 Å². The number of hydrogen-bond acceptors (Lipinski definition) is 4. The zero-order valence-electron chi connectivity index (χ0n) is 12.7. The molecule has 0 aromatic carbocycles. The van der Waals surface area contributed by atoms with Gasteiger partial charge in [-0.15, -0.1) is 0 Å². The minimum atomic E-state index is -3.60. The highest BCUT2D eigenvalue weighted by Crippen LogP contribution is 2.32. The van der Waals surface area contributed by atoms with Gasteiger partial charge in [0.25, 0.3) is 0 Å². The molecule has 1 saturated carbocycles. The van der Waals surface area contributed by atoms with Crippen LogP contribution in [-0.2, 0) is 15.8 Å². The lowest BCUT2D eigenvalue weighted by Crippen LogP contribution is -2.14. The van der Waals surface area contributed by atoms with Crippen LogP contribution < -0.4 is 5.14 Å². The first kappa shape index (κ1) is 14.6. The quantitative estimate of drug-likeness (QED) is 0.765. The molecule has 3 N–H and O–H groups in total. The molecule has 3 heterocycles. The topological polar surface area (TPSA) is 106 Å². The molecule has 122 valence electrons. The summed E-state index contributed by atoms with van der Waals surface area (Å²) in [4.78, 5) is 12.1. The number of nitrogens with zero attached hydrogens (tertiary/aromatic N) is 3. The average Bonchev–Trinajstić information content (AvgIpc) is 3.10. The average molecular weight is 333 g/mol. The second-order valence-electron chi connectivity index (χ2n) is 6.31. The Kier molecular flexibility index (Phi) is 3.38. The van der Waals surface area contributed by atoms with E-state index in [-0.39, 0.29) is 5.75 Å². The summed E-state index contributed by atoms with van der Waals surface area (Å²) in [6.45, 7) is 0. The van der Waals surface area contributed by atoms with E-state index in [1.807, 2.05) is 10.6 Å². The Morgan fingerprint density at radius 2 is 2.09 bits per heavy atom. The van der Waals surface area contributed by atoms with Gasteiger partial charge in [-0.2, -0.15) is 0 Å². The molecular weight excluding hydrogens is 314 g/mol. The Bertz CT molecular complexity index is 966. The van der Waals surface area contributed by atoms with Crippen LogP contribution in [0, 0.1) is 0 Å². The minimum absolute atomic E-state index is 0.218. The Labute approximate surface area is 134 Å². The molecule has 0 atom stereocenters. The van der Waals surface area contributed by atoms with E-state index in [9.17, 15) is 8.42 Å². The van der Waals surface area contributed by atoms with E-state index in [0.717, 1.165) is 29.7 Å². The van der Waals surface area contributed by atoms with Crippen molar-refractivity contribution in [3.63, 3.8) is 0 Å². The van der Waals surface area contributed by atoms with E-state index in [1.165, 1.54) is 19.3 Å². The molecule has 0 bridgehead atoms. The summed E-state index contributed by atoms with van der Waals surface area (Å²) in [5.74, 6) is 0.268. The summed E-state index contributed by atoms with van der Waals surface area (Å²) in [5, 5.41) is 5.20. The van der Waals surface area contributed by atoms with Gasteiger partial charge in [-0.3, -0.25) is 4.40 Å². The van der Waals surface area contributed by atoms with E-state index in [1.54, 1.807) is 12.4 Å². The van der Waals surface area contributed by atoms with E-state index >= 15 is 0 Å². The number of imidazole rings is 1. The van der Waals surface area contributed by atoms with Crippen molar-refractivity contribution in [3.05, 3.63) is 29.8 Å². The van der Waals surface area contributed by atoms with Crippen LogP contribution in [0.1, 0.15) is 49.3 Å². The molecule has 23 heavy (non-hydrogen) atoms. The van der Waals surface area contributed by atoms with Gasteiger partial charge in [0.05, 0.1) is 23.2 Å². The van der Waals surface area contributed by atoms with Gasteiger partial charge in [0.2, 0.25) is 10.0 Å². The first-order valence-electron chi connectivity index (χ1n) is 7.86. The van der Waals surface area contributed by atoms with E-state index in [0.29, 0.717) is 17.1 Å². The minimum Gasteiger partial charge on any atom is -0.345 e. The predicted molar refractivity (Wildman–Crippen MR) is 87.5 cm³/mol. The van der Waals surface area contributed by atoms with Crippen molar-refractivity contribution in [1.29, 1.82) is 0 Å². The highest BCUT2D eigenvalue weighted by Gasteiger charge is 2.20. The number of aromatic nitrogens is 4. The molecule has 4 rings (SSSR count). The van der Waals surface area contributed by atoms with Crippen molar-refractivity contribution in [2.45, 2.75) is 43.8 Å². The summed E-state index contributed by atoms with van der Waals surface area (Å²) < 4.78 is 24.8. The van der Waals surface area contributed by atoms with Crippen LogP contribution in [-0.4, -0.2) is 27.8 Å². The van der Waals surface area contributed by atoms with Crippen LogP contribution in [0.4, 0.5) is 0 Å². The van der Waals surface area contributed by atoms with Gasteiger partial charge in [0.1, 0.15) is 0 Å². The SMILES string of the molecule is NS(=O)(=O)Cc1c[nH]c2ncc3nc(C4CCCCC4)cn3c12. The molecule has 1 fully saturated rings. The third-order valence-corrected chi connectivity index (χ3v) is 5.31. The first-order valence-corrected chi connectivity index (χ1v) is 9.57. The van der Waals surface area contributed by atoms with Crippen LogP contribution in [0.3, 0.4) is 0 Å². The lowest BCUT2D eigenvalue weighted by atomic mass is 9.87. The fraction of sp³-hybridized carbons (Fsp3) is 0.467. The lowest BCUT2D eigenvalue weighted by Gasteiger charge is -2.19. The Morgan fingerprint density at radius 1 is 1.30 bits per heavy atom. The molecule has 3 aromatic heterocycles. The summed E-state index contributed by atoms with van der Waals surface area (Å²) >= 11 is 0. The van der Waals surface area contributed by atoms with Gasteiger partial charge in [0.15, 0.2) is 11.3 Å². The zero-order valence-corrected chi connectivity index (χ0v) is 13.5. The molecule has 1 aliphatic carbocycles. The summed E-state index contributed by atoms with van der Waals surface area (Å²) in [5.41, 5.74) is 3.82. The van der Waals surface area contributed by atoms with E-state index < -0.39 is 10.0 Å². The van der Waals surface area contributed by atoms with Gasteiger partial charge in [-0.05, 0) is 12.8 Å². The standard InChI is InChI=1S/C15H19N5O2S/c16-23(21,22)9-11-6-17-15-14(11)20-8-12(19-13(20)7-18-15)10-4-2-1-3-5-10/h6-8,10,17H,1-5,9H2,(H2,16,21,22). The molecule has 0 amide bonds. The maximum Gasteiger partial charge on any atom is 0.213 e. The number of nitrogens with two attached hydrogens (primary N) is 1. The number of nitrogens with one attached hydrogen (secondary N) is 1. The van der Waals surface area contributed by atoms with Crippen molar-refractivity contribution in [2.24, 2.45) is 5.14 Å². The summed E-state index contributed by atoms with van der Waals surface area (Å²) in [7, 11) is -3.60. The number of H-pyrrole nitrogens is 1. The molecule has 0 spiro atoms. The number of fused-ring (bicyclic) bond motifs is 3. The van der Waals surface area contributed by atoms with Crippen molar-refractivity contribution >= 4 is 26.8 Å². The van der Waals surface area contributed by atoms with Crippen molar-refractivity contribution in [2.75, 3.05) is 0 Å². The molecule has 1 aliphatic rings. The molecule has 0 radical (unpaired) electrons. The van der Waals surface area contributed by atoms with Crippen LogP contribution in [0.15, 0.2) is 18.6 Å². The highest BCUT2D eigenvalue weighted by molar-refractivity contribution is 7.88. The Hall–Kier alpha value is -1.93. The Morgan fingerprint density at radius 3 is 2.83 bits per heavy atom. The van der Waals surface area contributed by atoms with Crippen molar-refractivity contribution < 1.29 is 8.42 Å². The van der Waals surface area contributed by atoms with Gasteiger partial charge >= 0.3 is 0 Å². The molecule has 3 aromatic rings. The number of primary sulfonamides is 1. The fourth-order valence-corrected chi connectivity index (χ4v) is 4.19. The maximum absolute atomic E-state index is 11.4. The van der Waals surface area contributed by atoms with Crippen LogP contribution in [0.25, 0.3) is 16.8 Å². The summed E-state index contributed by atoms with van der Waals surface area (Å²) in [6.07, 6.45) is 11.5. The number of sulfonamides is 1. The normalized spacial score (nSPS) is 17.3. The maximum atomic E-state index is 11.4. The first-order chi connectivity index (χ1) is 11.0. The largest absolute Gasteiger partial charge is 0.345 e. The molecule has 8 heteroatoms. The van der Waals surface area contributed by atoms with Crippen LogP contribution in [0.2, 0.25) is 0 Å². The molecule has 0 aliphatic heterocycles. The van der Waals surface area contributed by atoms with E-state index in [4.69, 9.17) is 10.1 Å². The predicted octanol–water partition coefficient (Wildman–Crippen LogP) is 2.05. The van der Waals surface area contributed by atoms with Crippen molar-refractivity contribution in [3.8, 4) is 0 Å². The van der Waals surface area contributed by atoms with E-state index in [2.05, 4.69) is 9.97 Å². The second-order valence-corrected chi connectivity index (χ2v) is 7.92. The molecular formula is C15H19N5O2S. The third-order valence-electron chi connectivity index (χ3n) is 4.59. The molecule has 0 unspecified atom stereocenters. The third kappa shape index (κ3) is 2.72. The fourth-order valence-electron chi connectivity index (χ4n) is 3.54. The number of aromatic amines is 1. The molecule has 0 saturated heterocycles. The number of rotatable bonds is 3. The van der Waals surface area contributed by atoms with Crippen LogP contribution in [0.5, 0.6) is 0 Å². The zero-order chi connectivity index (χ0) is 16.0. The summed E-state index contributed by atoms with van der Waals surface area (Å²) in [6, 6.07) is 0. The van der Waals surface area contributed by atoms with Gasteiger partial charge < -0.3 is 4.98 Å². The molecule has 7 nitrogen and oxygen atoms in total. The van der Waals surface area contributed by atoms with Crippen molar-refractivity contribution in [1.82, 2.24) is 19.4 Å². The second kappa shape index (κ2) is 5.31. The van der Waals surface area contributed by atoms with Gasteiger partial charge in [-0.1, -0.05) is 19.3 Å². The lowest BCUT2D eigenvalue weighted by molar-refractivity contribution is 0.438. The monoisotopic (exact) mass is 333 g/mol. The number of hydrogen-bond donors (Lipinski definition) is 2. The smallest absolute Gasteiger partial charge is 0.213 e.